The lowest BCUT2D eigenvalue weighted by molar-refractivity contribution is -0.115. The number of hydrogen-bond donors (Lipinski definition) is 1. The van der Waals surface area contributed by atoms with E-state index in [-0.39, 0.29) is 23.0 Å². The van der Waals surface area contributed by atoms with Gasteiger partial charge in [0.05, 0.1) is 5.75 Å². The third-order valence-electron chi connectivity index (χ3n) is 5.26. The molecule has 1 heterocycles. The molecule has 4 nitrogen and oxygen atoms in total. The van der Waals surface area contributed by atoms with Crippen molar-refractivity contribution in [2.75, 3.05) is 16.0 Å². The molecule has 3 aromatic rings. The number of amides is 2. The number of nitrogens with one attached hydrogen (secondary N) is 1. The Labute approximate surface area is 179 Å². The maximum Gasteiger partial charge on any atom is 0.255 e. The molecule has 0 radical (unpaired) electrons. The number of hydrogen-bond acceptors (Lipinski definition) is 3. The number of halogens is 1. The van der Waals surface area contributed by atoms with Gasteiger partial charge < -0.3 is 5.32 Å². The van der Waals surface area contributed by atoms with Gasteiger partial charge in [0.25, 0.3) is 5.91 Å². The fraction of sp³-hybridized carbons (Fsp3) is 0.167. The molecule has 4 rings (SSSR count). The number of thioether (sulfide) groups is 1. The van der Waals surface area contributed by atoms with Crippen molar-refractivity contribution in [2.24, 2.45) is 0 Å². The highest BCUT2D eigenvalue weighted by atomic mass is 32.2. The quantitative estimate of drug-likeness (QED) is 0.609. The lowest BCUT2D eigenvalue weighted by Gasteiger charge is -2.26. The average molecular weight is 421 g/mol. The third-order valence-corrected chi connectivity index (χ3v) is 6.48. The molecular weight excluding hydrogens is 399 g/mol. The van der Waals surface area contributed by atoms with E-state index >= 15 is 0 Å². The van der Waals surface area contributed by atoms with E-state index in [1.165, 1.54) is 24.3 Å². The molecule has 30 heavy (non-hydrogen) atoms. The smallest absolute Gasteiger partial charge is 0.255 e. The van der Waals surface area contributed by atoms with Crippen LogP contribution in [0.25, 0.3) is 0 Å². The van der Waals surface area contributed by atoms with Crippen LogP contribution in [0.4, 0.5) is 15.8 Å². The molecule has 1 aliphatic heterocycles. The second-order valence-electron chi connectivity index (χ2n) is 7.23. The summed E-state index contributed by atoms with van der Waals surface area (Å²) in [6.07, 6.45) is 0. The molecule has 0 aromatic heterocycles. The first-order chi connectivity index (χ1) is 14.4. The summed E-state index contributed by atoms with van der Waals surface area (Å²) in [4.78, 5) is 26.8. The Morgan fingerprint density at radius 1 is 1.03 bits per heavy atom. The minimum Gasteiger partial charge on any atom is -0.322 e. The maximum atomic E-state index is 13.0. The molecule has 1 N–H and O–H groups in total. The van der Waals surface area contributed by atoms with Crippen LogP contribution in [0.5, 0.6) is 0 Å². The van der Waals surface area contributed by atoms with Gasteiger partial charge in [-0.3, -0.25) is 14.5 Å². The van der Waals surface area contributed by atoms with E-state index in [4.69, 9.17) is 0 Å². The first-order valence-corrected chi connectivity index (χ1v) is 10.7. The Hall–Kier alpha value is -3.12. The van der Waals surface area contributed by atoms with Crippen molar-refractivity contribution in [1.82, 2.24) is 0 Å². The zero-order valence-corrected chi connectivity index (χ0v) is 17.5. The highest BCUT2D eigenvalue weighted by Crippen LogP contribution is 2.43. The summed E-state index contributed by atoms with van der Waals surface area (Å²) in [5, 5.41) is 2.70. The van der Waals surface area contributed by atoms with Crippen molar-refractivity contribution in [3.63, 3.8) is 0 Å². The molecule has 1 atom stereocenters. The molecule has 2 amide bonds. The van der Waals surface area contributed by atoms with Crippen molar-refractivity contribution >= 4 is 35.0 Å². The van der Waals surface area contributed by atoms with Gasteiger partial charge in [0, 0.05) is 16.9 Å². The molecule has 1 saturated heterocycles. The van der Waals surface area contributed by atoms with E-state index in [1.807, 2.05) is 61.2 Å². The topological polar surface area (TPSA) is 49.4 Å². The molecule has 0 saturated carbocycles. The van der Waals surface area contributed by atoms with Crippen LogP contribution in [0.1, 0.15) is 32.4 Å². The van der Waals surface area contributed by atoms with Gasteiger partial charge in [-0.1, -0.05) is 24.3 Å². The third kappa shape index (κ3) is 3.96. The van der Waals surface area contributed by atoms with Crippen LogP contribution in [0.3, 0.4) is 0 Å². The van der Waals surface area contributed by atoms with Crippen LogP contribution < -0.4 is 10.2 Å². The predicted molar refractivity (Wildman–Crippen MR) is 119 cm³/mol. The Morgan fingerprint density at radius 2 is 1.73 bits per heavy atom. The van der Waals surface area contributed by atoms with E-state index in [0.29, 0.717) is 17.0 Å². The Balaban J connectivity index is 1.54. The van der Waals surface area contributed by atoms with E-state index in [1.54, 1.807) is 11.8 Å². The maximum absolute atomic E-state index is 13.0. The second kappa shape index (κ2) is 8.32. The number of carbonyl (C=O) groups is 2. The predicted octanol–water partition coefficient (Wildman–Crippen LogP) is 5.47. The van der Waals surface area contributed by atoms with Crippen LogP contribution in [0.15, 0.2) is 66.7 Å². The summed E-state index contributed by atoms with van der Waals surface area (Å²) >= 11 is 1.59. The highest BCUT2D eigenvalue weighted by molar-refractivity contribution is 8.00. The molecular formula is C24H21FN2O2S. The average Bonchev–Trinajstić information content (AvgIpc) is 3.12. The summed E-state index contributed by atoms with van der Waals surface area (Å²) in [5.74, 6) is -0.160. The van der Waals surface area contributed by atoms with Gasteiger partial charge >= 0.3 is 0 Å². The molecule has 0 aliphatic carbocycles. The van der Waals surface area contributed by atoms with Crippen LogP contribution in [-0.4, -0.2) is 17.6 Å². The summed E-state index contributed by atoms with van der Waals surface area (Å²) in [6.45, 7) is 4.08. The van der Waals surface area contributed by atoms with E-state index in [2.05, 4.69) is 5.32 Å². The summed E-state index contributed by atoms with van der Waals surface area (Å²) in [5.41, 5.74) is 5.20. The molecule has 1 fully saturated rings. The SMILES string of the molecule is Cc1cccc(N2C(=O)CS[C@H]2c2ccc(NC(=O)c3ccc(F)cc3)cc2)c1C. The number of rotatable bonds is 4. The number of aryl methyl sites for hydroxylation is 1. The van der Waals surface area contributed by atoms with Crippen molar-refractivity contribution in [2.45, 2.75) is 19.2 Å². The zero-order valence-electron chi connectivity index (χ0n) is 16.7. The Morgan fingerprint density at radius 3 is 2.43 bits per heavy atom. The summed E-state index contributed by atoms with van der Waals surface area (Å²) in [7, 11) is 0. The van der Waals surface area contributed by atoms with Crippen molar-refractivity contribution in [1.29, 1.82) is 0 Å². The Bertz CT molecular complexity index is 1100. The molecule has 0 spiro atoms. The molecule has 0 bridgehead atoms. The minimum atomic E-state index is -0.382. The Kier molecular flexibility index (Phi) is 5.59. The van der Waals surface area contributed by atoms with Gasteiger partial charge in [0.15, 0.2) is 0 Å². The van der Waals surface area contributed by atoms with E-state index in [9.17, 15) is 14.0 Å². The van der Waals surface area contributed by atoms with Crippen molar-refractivity contribution in [3.8, 4) is 0 Å². The zero-order chi connectivity index (χ0) is 21.3. The molecule has 152 valence electrons. The molecule has 1 aliphatic rings. The standard InChI is InChI=1S/C24H21FN2O2S/c1-15-4-3-5-21(16(15)2)27-22(28)14-30-24(27)18-8-12-20(13-9-18)26-23(29)17-6-10-19(25)11-7-17/h3-13,24H,14H2,1-2H3,(H,26,29)/t24-/m0/s1. The second-order valence-corrected chi connectivity index (χ2v) is 8.30. The van der Waals surface area contributed by atoms with Gasteiger partial charge in [0.2, 0.25) is 5.91 Å². The first-order valence-electron chi connectivity index (χ1n) is 9.61. The molecule has 3 aromatic carbocycles. The lowest BCUT2D eigenvalue weighted by atomic mass is 10.1. The van der Waals surface area contributed by atoms with Gasteiger partial charge in [-0.15, -0.1) is 11.8 Å². The largest absolute Gasteiger partial charge is 0.322 e. The summed E-state index contributed by atoms with van der Waals surface area (Å²) < 4.78 is 13.0. The van der Waals surface area contributed by atoms with Gasteiger partial charge in [-0.05, 0) is 73.0 Å². The first kappa shape index (κ1) is 20.2. The fourth-order valence-electron chi connectivity index (χ4n) is 3.46. The number of anilines is 2. The van der Waals surface area contributed by atoms with Crippen LogP contribution in [0.2, 0.25) is 0 Å². The highest BCUT2D eigenvalue weighted by Gasteiger charge is 2.34. The van der Waals surface area contributed by atoms with Crippen LogP contribution >= 0.6 is 11.8 Å². The molecule has 0 unspecified atom stereocenters. The normalized spacial score (nSPS) is 16.0. The van der Waals surface area contributed by atoms with Gasteiger partial charge in [0.1, 0.15) is 11.2 Å². The van der Waals surface area contributed by atoms with Crippen molar-refractivity contribution in [3.05, 3.63) is 94.8 Å². The fourth-order valence-corrected chi connectivity index (χ4v) is 4.63. The minimum absolute atomic E-state index is 0.0902. The summed E-state index contributed by atoms with van der Waals surface area (Å²) in [6, 6.07) is 18.9. The number of benzene rings is 3. The van der Waals surface area contributed by atoms with E-state index < -0.39 is 0 Å². The van der Waals surface area contributed by atoms with Gasteiger partial charge in [-0.2, -0.15) is 0 Å². The molecule has 6 heteroatoms. The van der Waals surface area contributed by atoms with E-state index in [0.717, 1.165) is 22.4 Å². The lowest BCUT2D eigenvalue weighted by Crippen LogP contribution is -2.28. The number of nitrogens with zero attached hydrogens (tertiary/aromatic N) is 1. The monoisotopic (exact) mass is 420 g/mol. The van der Waals surface area contributed by atoms with Crippen LogP contribution in [0, 0.1) is 19.7 Å². The number of carbonyl (C=O) groups excluding carboxylic acids is 2. The van der Waals surface area contributed by atoms with Crippen molar-refractivity contribution < 1.29 is 14.0 Å². The van der Waals surface area contributed by atoms with Crippen LogP contribution in [-0.2, 0) is 4.79 Å². The van der Waals surface area contributed by atoms with Gasteiger partial charge in [-0.25, -0.2) is 4.39 Å².